The molecular formula is C32H21Cl2N3O5S. The SMILES string of the molecule is CC1=C(C(=O)Nc2ccccc2)[C@H](c2ccc(Cl)cc2)n2c(s/c(=C\c3ccc(-c4ccc(C(=O)O)c(Cl)c4)o3)c2=O)=N1. The molecule has 3 heterocycles. The standard InChI is InChI=1S/C32H21Cl2N3O5S/c1-17-27(29(38)36-21-5-3-2-4-6-21)28(18-7-10-20(33)11-8-18)37-30(39)26(43-32(37)35-17)16-22-12-14-25(42-22)19-9-13-23(31(40)41)24(34)15-19/h2-16,28H,1H3,(H,36,38)(H,40,41)/b26-16-/t28-/m0/s1. The molecule has 214 valence electrons. The summed E-state index contributed by atoms with van der Waals surface area (Å²) in [6.07, 6.45) is 1.61. The van der Waals surface area contributed by atoms with Crippen LogP contribution in [0.25, 0.3) is 17.4 Å². The summed E-state index contributed by atoms with van der Waals surface area (Å²) in [5.41, 5.74) is 2.38. The zero-order valence-corrected chi connectivity index (χ0v) is 24.7. The molecule has 1 aliphatic rings. The van der Waals surface area contributed by atoms with Gasteiger partial charge in [-0.2, -0.15) is 0 Å². The van der Waals surface area contributed by atoms with Crippen LogP contribution < -0.4 is 20.2 Å². The molecule has 5 aromatic rings. The first-order valence-corrected chi connectivity index (χ1v) is 14.5. The van der Waals surface area contributed by atoms with Crippen molar-refractivity contribution in [2.75, 3.05) is 5.32 Å². The van der Waals surface area contributed by atoms with E-state index in [2.05, 4.69) is 10.3 Å². The summed E-state index contributed by atoms with van der Waals surface area (Å²) >= 11 is 13.5. The Hall–Kier alpha value is -4.70. The fourth-order valence-corrected chi connectivity index (χ4v) is 6.26. The summed E-state index contributed by atoms with van der Waals surface area (Å²) < 4.78 is 7.84. The molecule has 3 aromatic carbocycles. The maximum atomic E-state index is 13.9. The molecule has 1 atom stereocenters. The Kier molecular flexibility index (Phi) is 7.62. The van der Waals surface area contributed by atoms with Crippen molar-refractivity contribution in [1.82, 2.24) is 4.57 Å². The van der Waals surface area contributed by atoms with Gasteiger partial charge in [-0.05, 0) is 61.0 Å². The zero-order valence-electron chi connectivity index (χ0n) is 22.4. The van der Waals surface area contributed by atoms with Crippen molar-refractivity contribution < 1.29 is 19.1 Å². The molecule has 11 heteroatoms. The molecule has 43 heavy (non-hydrogen) atoms. The molecule has 1 aliphatic heterocycles. The lowest BCUT2D eigenvalue weighted by Gasteiger charge is -2.25. The average Bonchev–Trinajstić information content (AvgIpc) is 3.57. The van der Waals surface area contributed by atoms with Gasteiger partial charge in [0.05, 0.1) is 32.4 Å². The summed E-state index contributed by atoms with van der Waals surface area (Å²) in [7, 11) is 0. The lowest BCUT2D eigenvalue weighted by molar-refractivity contribution is -0.113. The van der Waals surface area contributed by atoms with Gasteiger partial charge in [0, 0.05) is 22.3 Å². The van der Waals surface area contributed by atoms with Crippen molar-refractivity contribution in [2.45, 2.75) is 13.0 Å². The minimum atomic E-state index is -1.13. The van der Waals surface area contributed by atoms with Crippen LogP contribution in [0.15, 0.2) is 110 Å². The minimum absolute atomic E-state index is 0.0133. The van der Waals surface area contributed by atoms with Gasteiger partial charge in [0.15, 0.2) is 4.80 Å². The van der Waals surface area contributed by atoms with Crippen LogP contribution in [0.1, 0.15) is 34.6 Å². The molecule has 0 unspecified atom stereocenters. The molecule has 8 nitrogen and oxygen atoms in total. The molecule has 0 saturated heterocycles. The Morgan fingerprint density at radius 2 is 1.77 bits per heavy atom. The van der Waals surface area contributed by atoms with Crippen LogP contribution in [-0.4, -0.2) is 21.6 Å². The number of fused-ring (bicyclic) bond motifs is 1. The smallest absolute Gasteiger partial charge is 0.337 e. The molecule has 2 aromatic heterocycles. The second-order valence-electron chi connectivity index (χ2n) is 9.66. The maximum absolute atomic E-state index is 13.9. The Morgan fingerprint density at radius 3 is 2.47 bits per heavy atom. The number of carbonyl (C=O) groups is 2. The van der Waals surface area contributed by atoms with Crippen LogP contribution in [0.2, 0.25) is 10.0 Å². The molecule has 0 aliphatic carbocycles. The fraction of sp³-hybridized carbons (Fsp3) is 0.0625. The number of nitrogens with zero attached hydrogens (tertiary/aromatic N) is 2. The number of halogens is 2. The number of thiazole rings is 1. The van der Waals surface area contributed by atoms with Crippen LogP contribution in [0, 0.1) is 0 Å². The van der Waals surface area contributed by atoms with Gasteiger partial charge in [0.25, 0.3) is 11.5 Å². The van der Waals surface area contributed by atoms with Crippen molar-refractivity contribution >= 4 is 58.2 Å². The molecule has 0 saturated carbocycles. The second-order valence-corrected chi connectivity index (χ2v) is 11.5. The largest absolute Gasteiger partial charge is 0.478 e. The molecule has 6 rings (SSSR count). The number of aromatic nitrogens is 1. The fourth-order valence-electron chi connectivity index (χ4n) is 4.85. The van der Waals surface area contributed by atoms with Gasteiger partial charge in [0.1, 0.15) is 11.5 Å². The van der Waals surface area contributed by atoms with E-state index in [9.17, 15) is 19.5 Å². The Bertz CT molecular complexity index is 2110. The summed E-state index contributed by atoms with van der Waals surface area (Å²) in [5, 5.41) is 12.8. The van der Waals surface area contributed by atoms with Crippen LogP contribution in [0.5, 0.6) is 0 Å². The number of benzene rings is 3. The first kappa shape index (κ1) is 28.4. The summed E-state index contributed by atoms with van der Waals surface area (Å²) in [6, 6.07) is 23.3. The average molecular weight is 631 g/mol. The molecule has 1 amide bonds. The van der Waals surface area contributed by atoms with Gasteiger partial charge in [-0.3, -0.25) is 14.2 Å². The van der Waals surface area contributed by atoms with E-state index in [1.54, 1.807) is 67.6 Å². The number of furan rings is 1. The van der Waals surface area contributed by atoms with E-state index < -0.39 is 12.0 Å². The number of anilines is 1. The van der Waals surface area contributed by atoms with E-state index in [0.717, 1.165) is 0 Å². The lowest BCUT2D eigenvalue weighted by Crippen LogP contribution is -2.40. The van der Waals surface area contributed by atoms with Crippen LogP contribution in [0.3, 0.4) is 0 Å². The van der Waals surface area contributed by atoms with Crippen LogP contribution in [-0.2, 0) is 4.79 Å². The van der Waals surface area contributed by atoms with Gasteiger partial charge in [-0.15, -0.1) is 0 Å². The summed E-state index contributed by atoms with van der Waals surface area (Å²) in [5.74, 6) is -0.642. The predicted molar refractivity (Wildman–Crippen MR) is 166 cm³/mol. The molecule has 0 fully saturated rings. The Labute approximate surface area is 258 Å². The monoisotopic (exact) mass is 629 g/mol. The molecule has 2 N–H and O–H groups in total. The summed E-state index contributed by atoms with van der Waals surface area (Å²) in [4.78, 5) is 43.9. The number of carbonyl (C=O) groups excluding carboxylic acids is 1. The number of carboxylic acids is 1. The molecule has 0 spiro atoms. The minimum Gasteiger partial charge on any atom is -0.478 e. The van der Waals surface area contributed by atoms with Crippen LogP contribution >= 0.6 is 34.5 Å². The van der Waals surface area contributed by atoms with E-state index >= 15 is 0 Å². The third kappa shape index (κ3) is 5.58. The van der Waals surface area contributed by atoms with Gasteiger partial charge in [-0.25, -0.2) is 9.79 Å². The van der Waals surface area contributed by atoms with E-state index in [1.807, 2.05) is 18.2 Å². The van der Waals surface area contributed by atoms with Gasteiger partial charge >= 0.3 is 5.97 Å². The van der Waals surface area contributed by atoms with Crippen molar-refractivity contribution in [2.24, 2.45) is 4.99 Å². The van der Waals surface area contributed by atoms with E-state index in [-0.39, 0.29) is 22.1 Å². The first-order valence-electron chi connectivity index (χ1n) is 13.0. The number of nitrogens with one attached hydrogen (secondary N) is 1. The number of para-hydroxylation sites is 1. The molecule has 0 radical (unpaired) electrons. The highest BCUT2D eigenvalue weighted by Gasteiger charge is 2.32. The van der Waals surface area contributed by atoms with E-state index in [4.69, 9.17) is 27.6 Å². The maximum Gasteiger partial charge on any atom is 0.337 e. The van der Waals surface area contributed by atoms with Gasteiger partial charge in [-0.1, -0.05) is 70.9 Å². The number of amides is 1. The highest BCUT2D eigenvalue weighted by atomic mass is 35.5. The zero-order chi connectivity index (χ0) is 30.2. The number of carboxylic acid groups (broad SMARTS) is 1. The van der Waals surface area contributed by atoms with Crippen molar-refractivity contribution in [3.63, 3.8) is 0 Å². The lowest BCUT2D eigenvalue weighted by atomic mass is 9.95. The van der Waals surface area contributed by atoms with Crippen molar-refractivity contribution in [3.8, 4) is 11.3 Å². The van der Waals surface area contributed by atoms with E-state index in [0.29, 0.717) is 54.0 Å². The van der Waals surface area contributed by atoms with Gasteiger partial charge in [0.2, 0.25) is 0 Å². The number of hydrogen-bond donors (Lipinski definition) is 2. The topological polar surface area (TPSA) is 114 Å². The quantitative estimate of drug-likeness (QED) is 0.234. The van der Waals surface area contributed by atoms with Crippen LogP contribution in [0.4, 0.5) is 5.69 Å². The highest BCUT2D eigenvalue weighted by Crippen LogP contribution is 2.32. The number of allylic oxidation sites excluding steroid dienone is 1. The van der Waals surface area contributed by atoms with Crippen molar-refractivity contribution in [3.05, 3.63) is 143 Å². The third-order valence-corrected chi connectivity index (χ3v) is 8.42. The number of rotatable bonds is 6. The van der Waals surface area contributed by atoms with Crippen molar-refractivity contribution in [1.29, 1.82) is 0 Å². The van der Waals surface area contributed by atoms with Gasteiger partial charge < -0.3 is 14.8 Å². The molecule has 0 bridgehead atoms. The number of aromatic carboxylic acids is 1. The normalized spacial score (nSPS) is 14.8. The second kappa shape index (κ2) is 11.5. The van der Waals surface area contributed by atoms with E-state index in [1.165, 1.54) is 28.0 Å². The highest BCUT2D eigenvalue weighted by molar-refractivity contribution is 7.07. The first-order chi connectivity index (χ1) is 20.7. The summed E-state index contributed by atoms with van der Waals surface area (Å²) in [6.45, 7) is 1.75. The number of hydrogen-bond acceptors (Lipinski definition) is 6. The Balaban J connectivity index is 1.42. The molecular weight excluding hydrogens is 609 g/mol. The third-order valence-electron chi connectivity index (χ3n) is 6.87. The predicted octanol–water partition coefficient (Wildman–Crippen LogP) is 6.14. The Morgan fingerprint density at radius 1 is 1.02 bits per heavy atom.